The number of nitrogens with zero attached hydrogens (tertiary/aromatic N) is 4. The van der Waals surface area contributed by atoms with Crippen molar-refractivity contribution in [2.24, 2.45) is 13.0 Å². The van der Waals surface area contributed by atoms with Crippen molar-refractivity contribution in [2.45, 2.75) is 50.0 Å². The van der Waals surface area contributed by atoms with Crippen molar-refractivity contribution < 1.29 is 18.0 Å². The molecule has 2 fully saturated rings. The second-order valence-electron chi connectivity index (χ2n) is 8.70. The molecule has 10 nitrogen and oxygen atoms in total. The van der Waals surface area contributed by atoms with Crippen LogP contribution in [-0.2, 0) is 26.7 Å². The summed E-state index contributed by atoms with van der Waals surface area (Å²) in [7, 11) is -2.08. The van der Waals surface area contributed by atoms with Crippen LogP contribution < -0.4 is 10.6 Å². The second kappa shape index (κ2) is 11.8. The lowest BCUT2D eigenvalue weighted by molar-refractivity contribution is -0.126. The molecule has 2 aliphatic heterocycles. The highest BCUT2D eigenvalue weighted by atomic mass is 32.2. The number of piperidine rings is 1. The first-order valence-electron chi connectivity index (χ1n) is 11.6. The molecule has 11 heteroatoms. The third-order valence-corrected chi connectivity index (χ3v) is 7.98. The van der Waals surface area contributed by atoms with Crippen LogP contribution in [0.5, 0.6) is 0 Å². The van der Waals surface area contributed by atoms with Gasteiger partial charge in [-0.05, 0) is 45.2 Å². The van der Waals surface area contributed by atoms with E-state index >= 15 is 0 Å². The van der Waals surface area contributed by atoms with E-state index in [4.69, 9.17) is 0 Å². The fraction of sp³-hybridized carbons (Fsp3) is 0.762. The molecule has 180 valence electrons. The van der Waals surface area contributed by atoms with Gasteiger partial charge < -0.3 is 20.1 Å². The predicted octanol–water partition coefficient (Wildman–Crippen LogP) is 0.319. The molecule has 1 aromatic heterocycles. The smallest absolute Gasteiger partial charge is 0.262 e. The van der Waals surface area contributed by atoms with Gasteiger partial charge in [0.2, 0.25) is 11.8 Å². The van der Waals surface area contributed by atoms with Crippen LogP contribution in [-0.4, -0.2) is 84.8 Å². The number of hydrogen-bond acceptors (Lipinski definition) is 6. The van der Waals surface area contributed by atoms with Crippen LogP contribution in [0.15, 0.2) is 17.6 Å². The molecule has 0 aromatic carbocycles. The molecule has 1 aromatic rings. The number of rotatable bonds is 6. The van der Waals surface area contributed by atoms with Crippen molar-refractivity contribution in [3.8, 4) is 0 Å². The van der Waals surface area contributed by atoms with Gasteiger partial charge in [0.25, 0.3) is 10.0 Å². The molecule has 0 bridgehead atoms. The van der Waals surface area contributed by atoms with Crippen molar-refractivity contribution in [1.82, 2.24) is 29.4 Å². The SMILES string of the molecule is Cn1cnc(S(=O)(=O)N2CCCC(C(=O)NCCN3CCCCC3)CCNC(=O)CC2)c1. The Kier molecular flexibility index (Phi) is 9.06. The minimum atomic E-state index is -3.79. The molecule has 0 aliphatic carbocycles. The van der Waals surface area contributed by atoms with Gasteiger partial charge in [0.1, 0.15) is 0 Å². The van der Waals surface area contributed by atoms with E-state index in [-0.39, 0.29) is 42.3 Å². The lowest BCUT2D eigenvalue weighted by atomic mass is 9.98. The average molecular weight is 469 g/mol. The highest BCUT2D eigenvalue weighted by molar-refractivity contribution is 7.89. The summed E-state index contributed by atoms with van der Waals surface area (Å²) in [5.41, 5.74) is 0. The molecular weight excluding hydrogens is 432 g/mol. The monoisotopic (exact) mass is 468 g/mol. The molecule has 32 heavy (non-hydrogen) atoms. The van der Waals surface area contributed by atoms with E-state index in [1.54, 1.807) is 11.6 Å². The van der Waals surface area contributed by atoms with Crippen LogP contribution >= 0.6 is 0 Å². The molecule has 0 radical (unpaired) electrons. The first-order valence-corrected chi connectivity index (χ1v) is 13.0. The molecule has 1 atom stereocenters. The van der Waals surface area contributed by atoms with Gasteiger partial charge in [-0.2, -0.15) is 4.31 Å². The zero-order chi connectivity index (χ0) is 23.0. The number of likely N-dealkylation sites (tertiary alicyclic amines) is 1. The van der Waals surface area contributed by atoms with E-state index in [1.807, 2.05) is 0 Å². The summed E-state index contributed by atoms with van der Waals surface area (Å²) >= 11 is 0. The summed E-state index contributed by atoms with van der Waals surface area (Å²) in [6, 6.07) is 0. The van der Waals surface area contributed by atoms with Gasteiger partial charge >= 0.3 is 0 Å². The maximum Gasteiger partial charge on any atom is 0.262 e. The summed E-state index contributed by atoms with van der Waals surface area (Å²) in [5.74, 6) is -0.485. The lowest BCUT2D eigenvalue weighted by Gasteiger charge is -2.26. The molecular formula is C21H36N6O4S. The largest absolute Gasteiger partial charge is 0.356 e. The van der Waals surface area contributed by atoms with Crippen LogP contribution in [0.3, 0.4) is 0 Å². The minimum Gasteiger partial charge on any atom is -0.356 e. The van der Waals surface area contributed by atoms with Crippen molar-refractivity contribution >= 4 is 21.8 Å². The number of carbonyl (C=O) groups excluding carboxylic acids is 2. The molecule has 2 amide bonds. The average Bonchev–Trinajstić information content (AvgIpc) is 3.20. The highest BCUT2D eigenvalue weighted by Gasteiger charge is 2.28. The van der Waals surface area contributed by atoms with Crippen LogP contribution in [0.25, 0.3) is 0 Å². The molecule has 2 aliphatic rings. The van der Waals surface area contributed by atoms with E-state index in [1.165, 1.54) is 36.1 Å². The Morgan fingerprint density at radius 3 is 2.66 bits per heavy atom. The Hall–Kier alpha value is -1.98. The fourth-order valence-corrected chi connectivity index (χ4v) is 5.74. The molecule has 2 N–H and O–H groups in total. The van der Waals surface area contributed by atoms with Gasteiger partial charge in [-0.25, -0.2) is 13.4 Å². The predicted molar refractivity (Wildman–Crippen MR) is 120 cm³/mol. The quantitative estimate of drug-likeness (QED) is 0.621. The van der Waals surface area contributed by atoms with Crippen LogP contribution in [0.1, 0.15) is 44.9 Å². The number of aromatic nitrogens is 2. The second-order valence-corrected chi connectivity index (χ2v) is 10.6. The van der Waals surface area contributed by atoms with Gasteiger partial charge in [-0.3, -0.25) is 9.59 Å². The zero-order valence-corrected chi connectivity index (χ0v) is 19.8. The van der Waals surface area contributed by atoms with Crippen LogP contribution in [0.4, 0.5) is 0 Å². The number of hydrogen-bond donors (Lipinski definition) is 2. The van der Waals surface area contributed by atoms with E-state index < -0.39 is 10.0 Å². The summed E-state index contributed by atoms with van der Waals surface area (Å²) in [6.45, 7) is 4.40. The first kappa shape index (κ1) is 24.7. The zero-order valence-electron chi connectivity index (χ0n) is 19.0. The number of sulfonamides is 1. The topological polar surface area (TPSA) is 117 Å². The summed E-state index contributed by atoms with van der Waals surface area (Å²) < 4.78 is 28.9. The molecule has 0 saturated carbocycles. The number of carbonyl (C=O) groups is 2. The summed E-state index contributed by atoms with van der Waals surface area (Å²) in [6.07, 6.45) is 8.36. The molecule has 0 spiro atoms. The first-order chi connectivity index (χ1) is 15.4. The van der Waals surface area contributed by atoms with Crippen LogP contribution in [0.2, 0.25) is 0 Å². The molecule has 3 heterocycles. The van der Waals surface area contributed by atoms with E-state index in [2.05, 4.69) is 20.5 Å². The van der Waals surface area contributed by atoms with Crippen LogP contribution in [0, 0.1) is 5.92 Å². The lowest BCUT2D eigenvalue weighted by Crippen LogP contribution is -2.40. The Balaban J connectivity index is 1.57. The van der Waals surface area contributed by atoms with Crippen molar-refractivity contribution in [1.29, 1.82) is 0 Å². The number of aryl methyl sites for hydroxylation is 1. The standard InChI is InChI=1S/C21H36N6O4S/c1-25-16-20(24-17-25)32(30,31)27-13-5-6-18(7-9-22-19(28)8-14-27)21(29)23-10-15-26-11-3-2-4-12-26/h16-18H,2-15H2,1H3,(H,22,28)(H,23,29). The highest BCUT2D eigenvalue weighted by Crippen LogP contribution is 2.18. The molecule has 3 rings (SSSR count). The third-order valence-electron chi connectivity index (χ3n) is 6.20. The van der Waals surface area contributed by atoms with Gasteiger partial charge in [-0.15, -0.1) is 0 Å². The van der Waals surface area contributed by atoms with Crippen molar-refractivity contribution in [2.75, 3.05) is 45.8 Å². The van der Waals surface area contributed by atoms with Gasteiger partial charge in [0.05, 0.1) is 6.33 Å². The van der Waals surface area contributed by atoms with Gasteiger partial charge in [0, 0.05) is 58.3 Å². The maximum absolute atomic E-state index is 13.0. The maximum atomic E-state index is 13.0. The Labute approximate surface area is 190 Å². The number of imidazole rings is 1. The van der Waals surface area contributed by atoms with Gasteiger partial charge in [0.15, 0.2) is 5.03 Å². The molecule has 2 saturated heterocycles. The Morgan fingerprint density at radius 1 is 1.16 bits per heavy atom. The molecule has 1 unspecified atom stereocenters. The Bertz CT molecular complexity index is 865. The van der Waals surface area contributed by atoms with Crippen molar-refractivity contribution in [3.63, 3.8) is 0 Å². The van der Waals surface area contributed by atoms with E-state index in [0.717, 1.165) is 19.6 Å². The van der Waals surface area contributed by atoms with Crippen molar-refractivity contribution in [3.05, 3.63) is 12.5 Å². The van der Waals surface area contributed by atoms with E-state index in [0.29, 0.717) is 32.4 Å². The Morgan fingerprint density at radius 2 is 1.94 bits per heavy atom. The minimum absolute atomic E-state index is 0.0189. The third kappa shape index (κ3) is 7.01. The normalized spacial score (nSPS) is 22.7. The number of amides is 2. The van der Waals surface area contributed by atoms with Gasteiger partial charge in [-0.1, -0.05) is 6.42 Å². The summed E-state index contributed by atoms with van der Waals surface area (Å²) in [4.78, 5) is 31.3. The van der Waals surface area contributed by atoms with E-state index in [9.17, 15) is 18.0 Å². The fourth-order valence-electron chi connectivity index (χ4n) is 4.29. The summed E-state index contributed by atoms with van der Waals surface area (Å²) in [5, 5.41) is 5.84. The number of nitrogens with one attached hydrogen (secondary N) is 2.